The minimum atomic E-state index is -0.971. The van der Waals surface area contributed by atoms with Crippen molar-refractivity contribution in [1.29, 1.82) is 0 Å². The van der Waals surface area contributed by atoms with Gasteiger partial charge in [-0.3, -0.25) is 29.4 Å². The molecule has 2 aliphatic rings. The number of nitrogens with zero attached hydrogens (tertiary/aromatic N) is 1. The number of ether oxygens (including phenoxy) is 1. The maximum atomic E-state index is 12.6. The predicted octanol–water partition coefficient (Wildman–Crippen LogP) is 0.490. The zero-order chi connectivity index (χ0) is 17.3. The first-order valence-electron chi connectivity index (χ1n) is 7.45. The molecule has 1 atom stereocenters. The molecule has 0 aliphatic carbocycles. The van der Waals surface area contributed by atoms with Crippen LogP contribution in [-0.2, 0) is 9.59 Å². The Bertz CT molecular complexity index is 793. The molecule has 0 saturated carbocycles. The number of nitrogens with one attached hydrogen (secondary N) is 1. The molecule has 1 unspecified atom stereocenters. The molecule has 1 aromatic carbocycles. The van der Waals surface area contributed by atoms with Gasteiger partial charge in [0.05, 0.1) is 17.7 Å². The van der Waals surface area contributed by atoms with E-state index in [1.807, 2.05) is 0 Å². The lowest BCUT2D eigenvalue weighted by atomic mass is 10.0. The van der Waals surface area contributed by atoms with E-state index in [1.165, 1.54) is 12.1 Å². The Kier molecular flexibility index (Phi) is 4.04. The molecule has 122 valence electrons. The van der Waals surface area contributed by atoms with Gasteiger partial charge in [0.25, 0.3) is 11.8 Å². The highest BCUT2D eigenvalue weighted by Gasteiger charge is 2.44. The Morgan fingerprint density at radius 3 is 2.67 bits per heavy atom. The van der Waals surface area contributed by atoms with Crippen LogP contribution in [0.25, 0.3) is 0 Å². The van der Waals surface area contributed by atoms with E-state index >= 15 is 0 Å². The van der Waals surface area contributed by atoms with Crippen LogP contribution in [-0.4, -0.2) is 41.2 Å². The van der Waals surface area contributed by atoms with Crippen LogP contribution in [0.4, 0.5) is 0 Å². The molecule has 4 amide bonds. The number of carbonyl (C=O) groups is 4. The summed E-state index contributed by atoms with van der Waals surface area (Å²) in [5, 5.41) is 2.15. The summed E-state index contributed by atoms with van der Waals surface area (Å²) in [4.78, 5) is 49.1. The molecule has 1 N–H and O–H groups in total. The summed E-state index contributed by atoms with van der Waals surface area (Å²) in [5.41, 5.74) is 0.400. The number of rotatable bonds is 4. The second-order valence-electron chi connectivity index (χ2n) is 5.46. The second-order valence-corrected chi connectivity index (χ2v) is 5.46. The third-order valence-corrected chi connectivity index (χ3v) is 3.93. The van der Waals surface area contributed by atoms with Crippen molar-refractivity contribution in [3.8, 4) is 18.1 Å². The van der Waals surface area contributed by atoms with E-state index in [9.17, 15) is 19.2 Å². The van der Waals surface area contributed by atoms with Gasteiger partial charge in [-0.2, -0.15) is 0 Å². The number of hydrogen-bond acceptors (Lipinski definition) is 5. The van der Waals surface area contributed by atoms with Gasteiger partial charge in [-0.15, -0.1) is 12.3 Å². The van der Waals surface area contributed by atoms with Crippen molar-refractivity contribution in [1.82, 2.24) is 10.2 Å². The fraction of sp³-hybridized carbons (Fsp3) is 0.294. The van der Waals surface area contributed by atoms with E-state index in [-0.39, 0.29) is 24.0 Å². The van der Waals surface area contributed by atoms with Gasteiger partial charge in [-0.1, -0.05) is 0 Å². The molecule has 0 spiro atoms. The number of hydrogen-bond donors (Lipinski definition) is 1. The summed E-state index contributed by atoms with van der Waals surface area (Å²) < 4.78 is 5.42. The maximum absolute atomic E-state index is 12.6. The standard InChI is InChI=1S/C17H14N2O5/c1-2-3-8-24-10-4-5-11-12(9-10)17(23)19(16(11)22)13-6-7-14(20)18-15(13)21/h1,4-5,9,13H,3,6-8H2,(H,18,20,21). The van der Waals surface area contributed by atoms with E-state index in [0.29, 0.717) is 18.8 Å². The zero-order valence-electron chi connectivity index (χ0n) is 12.7. The second kappa shape index (κ2) is 6.16. The summed E-state index contributed by atoms with van der Waals surface area (Å²) >= 11 is 0. The van der Waals surface area contributed by atoms with Crippen molar-refractivity contribution in [3.05, 3.63) is 29.3 Å². The highest BCUT2D eigenvalue weighted by Crippen LogP contribution is 2.30. The third-order valence-electron chi connectivity index (χ3n) is 3.93. The van der Waals surface area contributed by atoms with Crippen molar-refractivity contribution in [3.63, 3.8) is 0 Å². The predicted molar refractivity (Wildman–Crippen MR) is 82.1 cm³/mol. The van der Waals surface area contributed by atoms with Crippen LogP contribution >= 0.6 is 0 Å². The molecular formula is C17H14N2O5. The highest BCUT2D eigenvalue weighted by atomic mass is 16.5. The van der Waals surface area contributed by atoms with Gasteiger partial charge in [0.2, 0.25) is 11.8 Å². The van der Waals surface area contributed by atoms with Crippen LogP contribution < -0.4 is 10.1 Å². The van der Waals surface area contributed by atoms with Crippen molar-refractivity contribution >= 4 is 23.6 Å². The number of fused-ring (bicyclic) bond motifs is 1. The lowest BCUT2D eigenvalue weighted by Crippen LogP contribution is -2.54. The minimum Gasteiger partial charge on any atom is -0.493 e. The van der Waals surface area contributed by atoms with Crippen LogP contribution in [0.15, 0.2) is 18.2 Å². The number of benzene rings is 1. The van der Waals surface area contributed by atoms with E-state index < -0.39 is 29.7 Å². The highest BCUT2D eigenvalue weighted by molar-refractivity contribution is 6.23. The van der Waals surface area contributed by atoms with Gasteiger partial charge in [0.15, 0.2) is 0 Å². The van der Waals surface area contributed by atoms with Crippen LogP contribution in [0, 0.1) is 12.3 Å². The molecule has 7 nitrogen and oxygen atoms in total. The zero-order valence-corrected chi connectivity index (χ0v) is 12.7. The quantitative estimate of drug-likeness (QED) is 0.494. The number of imide groups is 2. The Labute approximate surface area is 138 Å². The summed E-state index contributed by atoms with van der Waals surface area (Å²) in [5.74, 6) is 0.721. The molecule has 2 aliphatic heterocycles. The fourth-order valence-corrected chi connectivity index (χ4v) is 2.77. The van der Waals surface area contributed by atoms with Gasteiger partial charge < -0.3 is 4.74 Å². The van der Waals surface area contributed by atoms with Crippen LogP contribution in [0.1, 0.15) is 40.0 Å². The first kappa shape index (κ1) is 15.7. The Hall–Kier alpha value is -3.14. The first-order valence-corrected chi connectivity index (χ1v) is 7.45. The maximum Gasteiger partial charge on any atom is 0.262 e. The minimum absolute atomic E-state index is 0.0876. The fourth-order valence-electron chi connectivity index (χ4n) is 2.77. The molecule has 1 saturated heterocycles. The average Bonchev–Trinajstić information content (AvgIpc) is 2.80. The lowest BCUT2D eigenvalue weighted by Gasteiger charge is -2.27. The molecule has 0 bridgehead atoms. The van der Waals surface area contributed by atoms with Gasteiger partial charge >= 0.3 is 0 Å². The van der Waals surface area contributed by atoms with Crippen LogP contribution in [0.5, 0.6) is 5.75 Å². The van der Waals surface area contributed by atoms with Crippen molar-refractivity contribution in [2.45, 2.75) is 25.3 Å². The normalized spacial score (nSPS) is 19.8. The van der Waals surface area contributed by atoms with Gasteiger partial charge in [0.1, 0.15) is 11.8 Å². The molecular weight excluding hydrogens is 312 g/mol. The average molecular weight is 326 g/mol. The topological polar surface area (TPSA) is 92.8 Å². The van der Waals surface area contributed by atoms with Gasteiger partial charge in [-0.05, 0) is 24.6 Å². The monoisotopic (exact) mass is 326 g/mol. The summed E-state index contributed by atoms with van der Waals surface area (Å²) in [6.45, 7) is 0.300. The van der Waals surface area contributed by atoms with E-state index in [0.717, 1.165) is 4.90 Å². The number of amides is 4. The van der Waals surface area contributed by atoms with Crippen LogP contribution in [0.2, 0.25) is 0 Å². The molecule has 2 heterocycles. The summed E-state index contributed by atoms with van der Waals surface area (Å²) in [7, 11) is 0. The Morgan fingerprint density at radius 2 is 1.96 bits per heavy atom. The smallest absolute Gasteiger partial charge is 0.262 e. The van der Waals surface area contributed by atoms with E-state index in [2.05, 4.69) is 11.2 Å². The molecule has 1 aromatic rings. The number of piperidine rings is 1. The lowest BCUT2D eigenvalue weighted by molar-refractivity contribution is -0.136. The van der Waals surface area contributed by atoms with Gasteiger partial charge in [-0.25, -0.2) is 0 Å². The third kappa shape index (κ3) is 2.63. The molecule has 3 rings (SSSR count). The Morgan fingerprint density at radius 1 is 1.21 bits per heavy atom. The molecule has 24 heavy (non-hydrogen) atoms. The van der Waals surface area contributed by atoms with Crippen molar-refractivity contribution in [2.75, 3.05) is 6.61 Å². The van der Waals surface area contributed by atoms with E-state index in [1.54, 1.807) is 6.07 Å². The van der Waals surface area contributed by atoms with Crippen molar-refractivity contribution < 1.29 is 23.9 Å². The summed E-state index contributed by atoms with van der Waals surface area (Å²) in [6.07, 6.45) is 5.79. The van der Waals surface area contributed by atoms with Crippen LogP contribution in [0.3, 0.4) is 0 Å². The summed E-state index contributed by atoms with van der Waals surface area (Å²) in [6, 6.07) is 3.57. The molecule has 0 aromatic heterocycles. The molecule has 7 heteroatoms. The number of carbonyl (C=O) groups excluding carboxylic acids is 4. The Balaban J connectivity index is 1.84. The largest absolute Gasteiger partial charge is 0.493 e. The molecule has 1 fully saturated rings. The van der Waals surface area contributed by atoms with E-state index in [4.69, 9.17) is 11.2 Å². The number of terminal acetylenes is 1. The van der Waals surface area contributed by atoms with Crippen molar-refractivity contribution in [2.24, 2.45) is 0 Å². The molecule has 0 radical (unpaired) electrons. The first-order chi connectivity index (χ1) is 11.5. The SMILES string of the molecule is C#CCCOc1ccc2c(c1)C(=O)N(C1CCC(=O)NC1=O)C2=O. The van der Waals surface area contributed by atoms with Gasteiger partial charge in [0, 0.05) is 12.8 Å².